The molecule has 0 saturated heterocycles. The summed E-state index contributed by atoms with van der Waals surface area (Å²) >= 11 is 3.08. The van der Waals surface area contributed by atoms with Gasteiger partial charge in [-0.2, -0.15) is 0 Å². The van der Waals surface area contributed by atoms with E-state index in [-0.39, 0.29) is 4.90 Å². The Balaban J connectivity index is 3.11. The molecule has 0 saturated carbocycles. The molecule has 0 radical (unpaired) electrons. The van der Waals surface area contributed by atoms with Crippen LogP contribution in [0, 0.1) is 0 Å². The maximum Gasteiger partial charge on any atom is 0.265 e. The molecule has 0 bridgehead atoms. The second-order valence-corrected chi connectivity index (χ2v) is 5.10. The number of amides is 1. The molecule has 0 atom stereocenters. The fraction of sp³-hybridized carbons (Fsp3) is 0.143. The summed E-state index contributed by atoms with van der Waals surface area (Å²) in [4.78, 5) is 14.2. The summed E-state index contributed by atoms with van der Waals surface area (Å²) in [5, 5.41) is 0. The summed E-state index contributed by atoms with van der Waals surface area (Å²) in [5.41, 5.74) is 0. The van der Waals surface area contributed by atoms with Crippen LogP contribution in [-0.4, -0.2) is 19.3 Å². The fourth-order valence-electron chi connectivity index (χ4n) is 0.787. The Kier molecular flexibility index (Phi) is 3.22. The molecule has 5 nitrogen and oxygen atoms in total. The smallest absolute Gasteiger partial charge is 0.265 e. The second-order valence-electron chi connectivity index (χ2n) is 2.50. The van der Waals surface area contributed by atoms with Gasteiger partial charge in [-0.1, -0.05) is 0 Å². The molecule has 0 fully saturated rings. The lowest BCUT2D eigenvalue weighted by Crippen LogP contribution is -2.28. The van der Waals surface area contributed by atoms with Gasteiger partial charge in [0.2, 0.25) is 5.91 Å². The average Bonchev–Trinajstić information content (AvgIpc) is 2.01. The molecule has 0 aromatic carbocycles. The van der Waals surface area contributed by atoms with E-state index in [0.717, 1.165) is 13.1 Å². The van der Waals surface area contributed by atoms with Gasteiger partial charge in [-0.05, 0) is 22.0 Å². The minimum absolute atomic E-state index is 0.0536. The van der Waals surface area contributed by atoms with Crippen molar-refractivity contribution in [2.75, 3.05) is 0 Å². The number of carbonyl (C=O) groups excluding carboxylic acids is 1. The van der Waals surface area contributed by atoms with Gasteiger partial charge in [0.25, 0.3) is 10.0 Å². The summed E-state index contributed by atoms with van der Waals surface area (Å²) < 4.78 is 25.2. The van der Waals surface area contributed by atoms with E-state index in [1.165, 1.54) is 12.3 Å². The summed E-state index contributed by atoms with van der Waals surface area (Å²) in [6.45, 7) is 1.13. The van der Waals surface area contributed by atoms with Crippen LogP contribution in [0.4, 0.5) is 0 Å². The van der Waals surface area contributed by atoms with Gasteiger partial charge in [0, 0.05) is 23.8 Å². The van der Waals surface area contributed by atoms with Gasteiger partial charge in [-0.3, -0.25) is 9.78 Å². The fourth-order valence-corrected chi connectivity index (χ4v) is 2.28. The first-order chi connectivity index (χ1) is 6.42. The molecular formula is C7H7BrN2O3S. The van der Waals surface area contributed by atoms with Crippen LogP contribution in [0.3, 0.4) is 0 Å². The zero-order chi connectivity index (χ0) is 10.8. The van der Waals surface area contributed by atoms with Gasteiger partial charge < -0.3 is 0 Å². The average molecular weight is 279 g/mol. The highest BCUT2D eigenvalue weighted by molar-refractivity contribution is 9.10. The quantitative estimate of drug-likeness (QED) is 0.863. The number of hydrogen-bond donors (Lipinski definition) is 1. The SMILES string of the molecule is CC(=O)NS(=O)(=O)c1cncc(Br)c1. The van der Waals surface area contributed by atoms with E-state index in [9.17, 15) is 13.2 Å². The molecule has 1 rings (SSSR count). The monoisotopic (exact) mass is 278 g/mol. The van der Waals surface area contributed by atoms with E-state index in [2.05, 4.69) is 20.9 Å². The van der Waals surface area contributed by atoms with Crippen LogP contribution >= 0.6 is 15.9 Å². The number of carbonyl (C=O) groups is 1. The van der Waals surface area contributed by atoms with Crippen LogP contribution in [0.1, 0.15) is 6.92 Å². The van der Waals surface area contributed by atoms with Crippen molar-refractivity contribution in [1.29, 1.82) is 0 Å². The third kappa shape index (κ3) is 2.78. The largest absolute Gasteiger partial charge is 0.274 e. The van der Waals surface area contributed by atoms with Crippen molar-refractivity contribution in [3.63, 3.8) is 0 Å². The molecule has 1 N–H and O–H groups in total. The van der Waals surface area contributed by atoms with Crippen LogP contribution in [-0.2, 0) is 14.8 Å². The molecule has 0 aliphatic carbocycles. The first-order valence-corrected chi connectivity index (χ1v) is 5.83. The Morgan fingerprint density at radius 3 is 2.64 bits per heavy atom. The first kappa shape index (κ1) is 11.1. The zero-order valence-electron chi connectivity index (χ0n) is 7.19. The van der Waals surface area contributed by atoms with Gasteiger partial charge in [0.05, 0.1) is 0 Å². The number of hydrogen-bond acceptors (Lipinski definition) is 4. The van der Waals surface area contributed by atoms with Gasteiger partial charge >= 0.3 is 0 Å². The molecule has 76 valence electrons. The molecule has 1 aromatic rings. The Labute approximate surface area is 89.7 Å². The van der Waals surface area contributed by atoms with E-state index in [0.29, 0.717) is 4.47 Å². The number of aromatic nitrogens is 1. The minimum atomic E-state index is -3.77. The van der Waals surface area contributed by atoms with Crippen LogP contribution in [0.15, 0.2) is 27.8 Å². The number of halogens is 1. The molecule has 1 heterocycles. The maximum atomic E-state index is 11.4. The molecule has 0 aliphatic heterocycles. The molecule has 0 aliphatic rings. The predicted molar refractivity (Wildman–Crippen MR) is 52.9 cm³/mol. The predicted octanol–water partition coefficient (Wildman–Crippen LogP) is 0.669. The van der Waals surface area contributed by atoms with Crippen molar-refractivity contribution in [3.8, 4) is 0 Å². The van der Waals surface area contributed by atoms with Crippen LogP contribution in [0.2, 0.25) is 0 Å². The van der Waals surface area contributed by atoms with E-state index in [1.54, 1.807) is 0 Å². The highest BCUT2D eigenvalue weighted by atomic mass is 79.9. The lowest BCUT2D eigenvalue weighted by molar-refractivity contribution is -0.117. The van der Waals surface area contributed by atoms with Crippen molar-refractivity contribution >= 4 is 31.9 Å². The number of nitrogens with zero attached hydrogens (tertiary/aromatic N) is 1. The summed E-state index contributed by atoms with van der Waals surface area (Å²) in [7, 11) is -3.77. The van der Waals surface area contributed by atoms with Crippen molar-refractivity contribution < 1.29 is 13.2 Å². The molecule has 1 amide bonds. The summed E-state index contributed by atoms with van der Waals surface area (Å²) in [6, 6.07) is 1.36. The lowest BCUT2D eigenvalue weighted by Gasteiger charge is -2.03. The normalized spacial score (nSPS) is 11.0. The first-order valence-electron chi connectivity index (χ1n) is 3.56. The van der Waals surface area contributed by atoms with E-state index < -0.39 is 15.9 Å². The maximum absolute atomic E-state index is 11.4. The van der Waals surface area contributed by atoms with Crippen LogP contribution < -0.4 is 4.72 Å². The van der Waals surface area contributed by atoms with E-state index in [1.807, 2.05) is 4.72 Å². The number of nitrogens with one attached hydrogen (secondary N) is 1. The lowest BCUT2D eigenvalue weighted by atomic mass is 10.5. The van der Waals surface area contributed by atoms with Gasteiger partial charge in [-0.25, -0.2) is 13.1 Å². The van der Waals surface area contributed by atoms with Crippen LogP contribution in [0.25, 0.3) is 0 Å². The molecule has 0 unspecified atom stereocenters. The third-order valence-corrected chi connectivity index (χ3v) is 3.10. The second kappa shape index (κ2) is 4.05. The van der Waals surface area contributed by atoms with Gasteiger partial charge in [0.1, 0.15) is 4.90 Å². The highest BCUT2D eigenvalue weighted by Crippen LogP contribution is 2.13. The van der Waals surface area contributed by atoms with Crippen molar-refractivity contribution in [2.24, 2.45) is 0 Å². The number of pyridine rings is 1. The highest BCUT2D eigenvalue weighted by Gasteiger charge is 2.15. The van der Waals surface area contributed by atoms with Crippen molar-refractivity contribution in [1.82, 2.24) is 9.71 Å². The Morgan fingerprint density at radius 1 is 1.50 bits per heavy atom. The minimum Gasteiger partial charge on any atom is -0.274 e. The summed E-state index contributed by atoms with van der Waals surface area (Å²) in [6.07, 6.45) is 2.61. The Morgan fingerprint density at radius 2 is 2.14 bits per heavy atom. The standard InChI is InChI=1S/C7H7BrN2O3S/c1-5(11)10-14(12,13)7-2-6(8)3-9-4-7/h2-4H,1H3,(H,10,11). The van der Waals surface area contributed by atoms with E-state index >= 15 is 0 Å². The molecule has 7 heteroatoms. The van der Waals surface area contributed by atoms with Gasteiger partial charge in [0.15, 0.2) is 0 Å². The topological polar surface area (TPSA) is 76.1 Å². The van der Waals surface area contributed by atoms with Crippen molar-refractivity contribution in [2.45, 2.75) is 11.8 Å². The van der Waals surface area contributed by atoms with Crippen LogP contribution in [0.5, 0.6) is 0 Å². The number of rotatable bonds is 2. The van der Waals surface area contributed by atoms with E-state index in [4.69, 9.17) is 0 Å². The molecule has 1 aromatic heterocycles. The van der Waals surface area contributed by atoms with Crippen molar-refractivity contribution in [3.05, 3.63) is 22.9 Å². The summed E-state index contributed by atoms with van der Waals surface area (Å²) in [5.74, 6) is -0.634. The molecular weight excluding hydrogens is 272 g/mol. The van der Waals surface area contributed by atoms with Gasteiger partial charge in [-0.15, -0.1) is 0 Å². The Bertz CT molecular complexity index is 458. The molecule has 0 spiro atoms. The third-order valence-electron chi connectivity index (χ3n) is 1.27. The zero-order valence-corrected chi connectivity index (χ0v) is 9.59. The number of sulfonamides is 1. The Hall–Kier alpha value is -0.950. The molecule has 14 heavy (non-hydrogen) atoms.